The van der Waals surface area contributed by atoms with Gasteiger partial charge in [0, 0.05) is 51.9 Å². The number of sulfonamides is 1. The Morgan fingerprint density at radius 2 is 1.73 bits per heavy atom. The molecule has 2 aliphatic rings. The standard InChI is InChI=1S/C19H29N7O3S/c1-4-26-16(3)19(15(2)22-26)30(27,28)25-7-5-23(6-8-25)17-13-18(21-20-14-17)24-9-11-29-12-10-24/h13-14H,4-12H2,1-3H3. The number of anilines is 2. The minimum Gasteiger partial charge on any atom is -0.378 e. The van der Waals surface area contributed by atoms with Crippen molar-refractivity contribution >= 4 is 21.5 Å². The first kappa shape index (κ1) is 21.0. The van der Waals surface area contributed by atoms with Crippen molar-refractivity contribution in [2.75, 3.05) is 62.3 Å². The van der Waals surface area contributed by atoms with Crippen LogP contribution in [0.5, 0.6) is 0 Å². The summed E-state index contributed by atoms with van der Waals surface area (Å²) in [6, 6.07) is 2.03. The molecular weight excluding hydrogens is 406 g/mol. The van der Waals surface area contributed by atoms with Gasteiger partial charge >= 0.3 is 0 Å². The van der Waals surface area contributed by atoms with Crippen LogP contribution in [0.1, 0.15) is 18.3 Å². The van der Waals surface area contributed by atoms with Gasteiger partial charge in [0.1, 0.15) is 4.90 Å². The average Bonchev–Trinajstić information content (AvgIpc) is 3.08. The maximum absolute atomic E-state index is 13.3. The van der Waals surface area contributed by atoms with E-state index in [0.29, 0.717) is 62.2 Å². The van der Waals surface area contributed by atoms with Crippen molar-refractivity contribution in [3.8, 4) is 0 Å². The molecule has 0 aromatic carbocycles. The van der Waals surface area contributed by atoms with Crippen LogP contribution >= 0.6 is 0 Å². The van der Waals surface area contributed by atoms with Gasteiger partial charge in [-0.25, -0.2) is 8.42 Å². The van der Waals surface area contributed by atoms with Crippen LogP contribution in [0.4, 0.5) is 11.5 Å². The van der Waals surface area contributed by atoms with E-state index < -0.39 is 10.0 Å². The molecule has 4 heterocycles. The van der Waals surface area contributed by atoms with Gasteiger partial charge < -0.3 is 14.5 Å². The van der Waals surface area contributed by atoms with Gasteiger partial charge in [0.25, 0.3) is 0 Å². The van der Waals surface area contributed by atoms with Gasteiger partial charge in [-0.3, -0.25) is 4.68 Å². The highest BCUT2D eigenvalue weighted by Crippen LogP contribution is 2.26. The Hall–Kier alpha value is -2.24. The van der Waals surface area contributed by atoms with Gasteiger partial charge in [-0.15, -0.1) is 5.10 Å². The van der Waals surface area contributed by atoms with Crippen LogP contribution in [-0.2, 0) is 21.3 Å². The van der Waals surface area contributed by atoms with Gasteiger partial charge in [-0.2, -0.15) is 14.5 Å². The van der Waals surface area contributed by atoms with Crippen LogP contribution < -0.4 is 9.80 Å². The van der Waals surface area contributed by atoms with Crippen LogP contribution in [0, 0.1) is 13.8 Å². The quantitative estimate of drug-likeness (QED) is 0.676. The SMILES string of the molecule is CCn1nc(C)c(S(=O)(=O)N2CCN(c3cnnc(N4CCOCC4)c3)CC2)c1C. The fourth-order valence-electron chi connectivity index (χ4n) is 4.14. The van der Waals surface area contributed by atoms with Crippen molar-refractivity contribution in [1.82, 2.24) is 24.3 Å². The number of hydrogen-bond acceptors (Lipinski definition) is 8. The molecule has 164 valence electrons. The lowest BCUT2D eigenvalue weighted by Crippen LogP contribution is -2.49. The molecule has 2 saturated heterocycles. The van der Waals surface area contributed by atoms with E-state index >= 15 is 0 Å². The summed E-state index contributed by atoms with van der Waals surface area (Å²) in [5.41, 5.74) is 2.23. The van der Waals surface area contributed by atoms with Gasteiger partial charge in [-0.05, 0) is 20.8 Å². The van der Waals surface area contributed by atoms with Gasteiger partial charge in [0.05, 0.1) is 36.5 Å². The summed E-state index contributed by atoms with van der Waals surface area (Å²) < 4.78 is 35.3. The lowest BCUT2D eigenvalue weighted by Gasteiger charge is -2.35. The topological polar surface area (TPSA) is 96.7 Å². The minimum atomic E-state index is -3.57. The number of ether oxygens (including phenoxy) is 1. The van der Waals surface area contributed by atoms with Crippen LogP contribution in [0.2, 0.25) is 0 Å². The second kappa shape index (κ2) is 8.48. The summed E-state index contributed by atoms with van der Waals surface area (Å²) in [5.74, 6) is 0.837. The zero-order chi connectivity index (χ0) is 21.3. The third-order valence-corrected chi connectivity index (χ3v) is 7.93. The molecule has 0 unspecified atom stereocenters. The van der Waals surface area contributed by atoms with E-state index in [-0.39, 0.29) is 0 Å². The number of aromatic nitrogens is 4. The number of morpholine rings is 1. The number of rotatable bonds is 5. The molecule has 0 bridgehead atoms. The highest BCUT2D eigenvalue weighted by molar-refractivity contribution is 7.89. The second-order valence-corrected chi connectivity index (χ2v) is 9.45. The van der Waals surface area contributed by atoms with E-state index in [0.717, 1.165) is 24.6 Å². The summed E-state index contributed by atoms with van der Waals surface area (Å²) in [4.78, 5) is 4.68. The Morgan fingerprint density at radius 3 is 2.37 bits per heavy atom. The number of hydrogen-bond donors (Lipinski definition) is 0. The molecule has 0 spiro atoms. The molecule has 2 aliphatic heterocycles. The summed E-state index contributed by atoms with van der Waals surface area (Å²) >= 11 is 0. The maximum atomic E-state index is 13.3. The summed E-state index contributed by atoms with van der Waals surface area (Å²) in [6.07, 6.45) is 1.74. The highest BCUT2D eigenvalue weighted by Gasteiger charge is 2.33. The van der Waals surface area contributed by atoms with E-state index in [1.54, 1.807) is 22.1 Å². The normalized spacial score (nSPS) is 18.8. The Balaban J connectivity index is 1.47. The van der Waals surface area contributed by atoms with Crippen LogP contribution in [0.25, 0.3) is 0 Å². The molecule has 11 heteroatoms. The van der Waals surface area contributed by atoms with E-state index in [9.17, 15) is 8.42 Å². The van der Waals surface area contributed by atoms with Crippen molar-refractivity contribution in [2.24, 2.45) is 0 Å². The predicted molar refractivity (Wildman–Crippen MR) is 113 cm³/mol. The van der Waals surface area contributed by atoms with Crippen molar-refractivity contribution in [1.29, 1.82) is 0 Å². The first-order chi connectivity index (χ1) is 14.4. The Morgan fingerprint density at radius 1 is 1.03 bits per heavy atom. The monoisotopic (exact) mass is 435 g/mol. The van der Waals surface area contributed by atoms with Gasteiger partial charge in [0.2, 0.25) is 10.0 Å². The van der Waals surface area contributed by atoms with E-state index in [2.05, 4.69) is 25.1 Å². The first-order valence-electron chi connectivity index (χ1n) is 10.4. The minimum absolute atomic E-state index is 0.345. The van der Waals surface area contributed by atoms with Crippen LogP contribution in [-0.4, -0.2) is 85.2 Å². The van der Waals surface area contributed by atoms with Crippen molar-refractivity contribution in [2.45, 2.75) is 32.2 Å². The summed E-state index contributed by atoms with van der Waals surface area (Å²) in [7, 11) is -3.57. The number of piperazine rings is 1. The first-order valence-corrected chi connectivity index (χ1v) is 11.8. The lowest BCUT2D eigenvalue weighted by atomic mass is 10.3. The second-order valence-electron chi connectivity index (χ2n) is 7.58. The number of aryl methyl sites for hydroxylation is 2. The Labute approximate surface area is 177 Å². The van der Waals surface area contributed by atoms with Crippen molar-refractivity contribution < 1.29 is 13.2 Å². The molecule has 0 saturated carbocycles. The fourth-order valence-corrected chi connectivity index (χ4v) is 5.94. The third kappa shape index (κ3) is 3.88. The molecule has 10 nitrogen and oxygen atoms in total. The van der Waals surface area contributed by atoms with E-state index in [1.165, 1.54) is 0 Å². The molecule has 0 N–H and O–H groups in total. The van der Waals surface area contributed by atoms with E-state index in [1.807, 2.05) is 19.9 Å². The summed E-state index contributed by atoms with van der Waals surface area (Å²) in [6.45, 7) is 11.2. The molecule has 2 aromatic heterocycles. The lowest BCUT2D eigenvalue weighted by molar-refractivity contribution is 0.122. The molecular formula is C19H29N7O3S. The molecule has 0 radical (unpaired) electrons. The van der Waals surface area contributed by atoms with Gasteiger partial charge in [0.15, 0.2) is 5.82 Å². The Kier molecular flexibility index (Phi) is 5.94. The zero-order valence-electron chi connectivity index (χ0n) is 17.8. The molecule has 2 fully saturated rings. The number of nitrogens with zero attached hydrogens (tertiary/aromatic N) is 7. The highest BCUT2D eigenvalue weighted by atomic mass is 32.2. The third-order valence-electron chi connectivity index (χ3n) is 5.78. The predicted octanol–water partition coefficient (Wildman–Crippen LogP) is 0.657. The molecule has 4 rings (SSSR count). The molecule has 2 aromatic rings. The van der Waals surface area contributed by atoms with Crippen molar-refractivity contribution in [3.63, 3.8) is 0 Å². The Bertz CT molecular complexity index is 994. The molecule has 0 atom stereocenters. The fraction of sp³-hybridized carbons (Fsp3) is 0.632. The van der Waals surface area contributed by atoms with Gasteiger partial charge in [-0.1, -0.05) is 0 Å². The van der Waals surface area contributed by atoms with E-state index in [4.69, 9.17) is 4.74 Å². The van der Waals surface area contributed by atoms with Crippen molar-refractivity contribution in [3.05, 3.63) is 23.7 Å². The largest absolute Gasteiger partial charge is 0.378 e. The zero-order valence-corrected chi connectivity index (χ0v) is 18.6. The van der Waals surface area contributed by atoms with Crippen LogP contribution in [0.15, 0.2) is 17.2 Å². The molecule has 30 heavy (non-hydrogen) atoms. The molecule has 0 amide bonds. The maximum Gasteiger partial charge on any atom is 0.246 e. The smallest absolute Gasteiger partial charge is 0.246 e. The molecule has 0 aliphatic carbocycles. The van der Waals surface area contributed by atoms with Crippen LogP contribution in [0.3, 0.4) is 0 Å². The average molecular weight is 436 g/mol. The summed E-state index contributed by atoms with van der Waals surface area (Å²) in [5, 5.41) is 12.8.